The van der Waals surface area contributed by atoms with Crippen LogP contribution >= 0.6 is 0 Å². The number of piperazine rings is 1. The zero-order valence-electron chi connectivity index (χ0n) is 11.3. The molecule has 0 N–H and O–H groups in total. The molecule has 2 saturated heterocycles. The molecule has 0 aliphatic carbocycles. The average Bonchev–Trinajstić information content (AvgIpc) is 2.92. The fourth-order valence-electron chi connectivity index (χ4n) is 2.41. The monoisotopic (exact) mass is 291 g/mol. The highest BCUT2D eigenvalue weighted by atomic mass is 19.3. The van der Waals surface area contributed by atoms with Crippen LogP contribution in [0.5, 0.6) is 0 Å². The Balaban J connectivity index is 1.72. The summed E-state index contributed by atoms with van der Waals surface area (Å²) in [5.74, 6) is 0. The first-order valence-corrected chi connectivity index (χ1v) is 6.82. The summed E-state index contributed by atoms with van der Waals surface area (Å²) in [7, 11) is 0. The molecule has 2 amide bonds. The maximum Gasteiger partial charge on any atom is 0.418 e. The zero-order chi connectivity index (χ0) is 14.5. The van der Waals surface area contributed by atoms with Gasteiger partial charge in [0.15, 0.2) is 0 Å². The molecule has 0 aromatic carbocycles. The lowest BCUT2D eigenvalue weighted by Crippen LogP contribution is -2.50. The highest BCUT2D eigenvalue weighted by Crippen LogP contribution is 2.11. The molecule has 6 nitrogen and oxygen atoms in total. The Labute approximate surface area is 116 Å². The number of nitrogens with zero attached hydrogens (tertiary/aromatic N) is 3. The van der Waals surface area contributed by atoms with E-state index in [9.17, 15) is 18.4 Å². The van der Waals surface area contributed by atoms with Gasteiger partial charge in [0.2, 0.25) is 0 Å². The smallest absolute Gasteiger partial charge is 0.359 e. The molecule has 20 heavy (non-hydrogen) atoms. The predicted molar refractivity (Wildman–Crippen MR) is 66.7 cm³/mol. The predicted octanol–water partition coefficient (Wildman–Crippen LogP) is 1.22. The Morgan fingerprint density at radius 1 is 0.900 bits per heavy atom. The minimum absolute atomic E-state index is 0.282. The maximum absolute atomic E-state index is 12.2. The van der Waals surface area contributed by atoms with Crippen molar-refractivity contribution >= 4 is 12.2 Å². The molecule has 0 saturated carbocycles. The van der Waals surface area contributed by atoms with Crippen LogP contribution in [0.4, 0.5) is 18.4 Å². The van der Waals surface area contributed by atoms with Crippen molar-refractivity contribution in [2.75, 3.05) is 45.8 Å². The Bertz CT molecular complexity index is 354. The van der Waals surface area contributed by atoms with E-state index in [1.165, 1.54) is 9.80 Å². The molecule has 2 aliphatic rings. The summed E-state index contributed by atoms with van der Waals surface area (Å²) in [4.78, 5) is 27.9. The minimum atomic E-state index is -2.37. The van der Waals surface area contributed by atoms with Gasteiger partial charge in [-0.25, -0.2) is 18.4 Å². The van der Waals surface area contributed by atoms with Crippen LogP contribution in [0.15, 0.2) is 0 Å². The van der Waals surface area contributed by atoms with Crippen molar-refractivity contribution in [3.63, 3.8) is 0 Å². The Morgan fingerprint density at radius 2 is 1.40 bits per heavy atom. The van der Waals surface area contributed by atoms with E-state index in [2.05, 4.69) is 0 Å². The zero-order valence-corrected chi connectivity index (χ0v) is 11.3. The third-order valence-electron chi connectivity index (χ3n) is 3.57. The van der Waals surface area contributed by atoms with Crippen molar-refractivity contribution in [1.29, 1.82) is 0 Å². The Morgan fingerprint density at radius 3 is 1.90 bits per heavy atom. The summed E-state index contributed by atoms with van der Waals surface area (Å²) in [6, 6.07) is 0. The number of halogens is 2. The van der Waals surface area contributed by atoms with E-state index in [0.717, 1.165) is 12.8 Å². The number of rotatable bonds is 2. The van der Waals surface area contributed by atoms with Crippen molar-refractivity contribution in [2.45, 2.75) is 19.3 Å². The normalized spacial score (nSPS) is 20.6. The quantitative estimate of drug-likeness (QED) is 0.718. The molecule has 0 aromatic rings. The Hall–Kier alpha value is -1.44. The van der Waals surface area contributed by atoms with Gasteiger partial charge in [0.1, 0.15) is 0 Å². The molecule has 0 radical (unpaired) electrons. The molecular formula is C12H19F2N3O3. The van der Waals surface area contributed by atoms with Gasteiger partial charge in [-0.2, -0.15) is 0 Å². The van der Waals surface area contributed by atoms with Crippen LogP contribution in [0.25, 0.3) is 0 Å². The first kappa shape index (κ1) is 15.0. The van der Waals surface area contributed by atoms with Crippen LogP contribution in [-0.2, 0) is 4.74 Å². The van der Waals surface area contributed by atoms with Crippen LogP contribution in [0.1, 0.15) is 12.8 Å². The van der Waals surface area contributed by atoms with Crippen LogP contribution < -0.4 is 0 Å². The van der Waals surface area contributed by atoms with Crippen molar-refractivity contribution in [2.24, 2.45) is 0 Å². The van der Waals surface area contributed by atoms with Crippen molar-refractivity contribution in [1.82, 2.24) is 14.7 Å². The van der Waals surface area contributed by atoms with Crippen LogP contribution in [-0.4, -0.2) is 79.1 Å². The van der Waals surface area contributed by atoms with Crippen LogP contribution in [0.3, 0.4) is 0 Å². The van der Waals surface area contributed by atoms with Gasteiger partial charge in [0.05, 0.1) is 6.54 Å². The largest absolute Gasteiger partial charge is 0.418 e. The molecule has 8 heteroatoms. The fourth-order valence-corrected chi connectivity index (χ4v) is 2.41. The summed E-state index contributed by atoms with van der Waals surface area (Å²) < 4.78 is 29.2. The molecular weight excluding hydrogens is 272 g/mol. The van der Waals surface area contributed by atoms with E-state index in [-0.39, 0.29) is 6.54 Å². The van der Waals surface area contributed by atoms with Crippen LogP contribution in [0.2, 0.25) is 0 Å². The van der Waals surface area contributed by atoms with E-state index in [1.54, 1.807) is 4.90 Å². The number of carbonyl (C=O) groups is 2. The first-order valence-electron chi connectivity index (χ1n) is 6.82. The standard InChI is InChI=1S/C12H19F2N3O3/c13-10(14)9-15-5-7-17(8-6-15)12(19)20-11(18)16-3-1-2-4-16/h10H,1-9H2. The Kier molecular flexibility index (Phi) is 5.11. The molecule has 0 atom stereocenters. The summed E-state index contributed by atoms with van der Waals surface area (Å²) in [6.07, 6.45) is -1.81. The van der Waals surface area contributed by atoms with Crippen molar-refractivity contribution in [3.8, 4) is 0 Å². The van der Waals surface area contributed by atoms with Gasteiger partial charge >= 0.3 is 12.2 Å². The third kappa shape index (κ3) is 4.03. The number of likely N-dealkylation sites (tertiary alicyclic amines) is 1. The number of carbonyl (C=O) groups excluding carboxylic acids is 2. The van der Waals surface area contributed by atoms with E-state index in [4.69, 9.17) is 4.74 Å². The van der Waals surface area contributed by atoms with Gasteiger partial charge in [0, 0.05) is 39.3 Å². The average molecular weight is 291 g/mol. The highest BCUT2D eigenvalue weighted by molar-refractivity contribution is 5.83. The molecule has 0 spiro atoms. The lowest BCUT2D eigenvalue weighted by Gasteiger charge is -2.33. The van der Waals surface area contributed by atoms with Gasteiger partial charge in [-0.15, -0.1) is 0 Å². The number of hydrogen-bond donors (Lipinski definition) is 0. The molecule has 2 rings (SSSR count). The molecule has 0 unspecified atom stereocenters. The molecule has 2 fully saturated rings. The topological polar surface area (TPSA) is 53.1 Å². The lowest BCUT2D eigenvalue weighted by atomic mass is 10.3. The van der Waals surface area contributed by atoms with Gasteiger partial charge < -0.3 is 14.5 Å². The second kappa shape index (κ2) is 6.83. The summed E-state index contributed by atoms with van der Waals surface area (Å²) >= 11 is 0. The maximum atomic E-state index is 12.2. The number of amides is 2. The SMILES string of the molecule is O=C(OC(=O)N1CCN(CC(F)F)CC1)N1CCCC1. The highest BCUT2D eigenvalue weighted by Gasteiger charge is 2.27. The van der Waals surface area contributed by atoms with Gasteiger partial charge in [-0.3, -0.25) is 4.90 Å². The summed E-state index contributed by atoms with van der Waals surface area (Å²) in [5.41, 5.74) is 0. The molecule has 114 valence electrons. The van der Waals surface area contributed by atoms with Crippen LogP contribution in [0, 0.1) is 0 Å². The third-order valence-corrected chi connectivity index (χ3v) is 3.57. The summed E-state index contributed by atoms with van der Waals surface area (Å²) in [6.45, 7) is 2.31. The second-order valence-corrected chi connectivity index (χ2v) is 5.01. The van der Waals surface area contributed by atoms with E-state index < -0.39 is 18.6 Å². The van der Waals surface area contributed by atoms with E-state index in [0.29, 0.717) is 39.3 Å². The van der Waals surface area contributed by atoms with Gasteiger partial charge in [-0.05, 0) is 12.8 Å². The fraction of sp³-hybridized carbons (Fsp3) is 0.833. The second-order valence-electron chi connectivity index (χ2n) is 5.01. The summed E-state index contributed by atoms with van der Waals surface area (Å²) in [5, 5.41) is 0. The molecule has 0 bridgehead atoms. The minimum Gasteiger partial charge on any atom is -0.359 e. The number of ether oxygens (including phenoxy) is 1. The lowest BCUT2D eigenvalue weighted by molar-refractivity contribution is 0.0499. The van der Waals surface area contributed by atoms with Gasteiger partial charge in [0.25, 0.3) is 6.43 Å². The molecule has 0 aromatic heterocycles. The van der Waals surface area contributed by atoms with E-state index in [1.807, 2.05) is 0 Å². The van der Waals surface area contributed by atoms with Crippen molar-refractivity contribution < 1.29 is 23.1 Å². The number of alkyl halides is 2. The van der Waals surface area contributed by atoms with Crippen molar-refractivity contribution in [3.05, 3.63) is 0 Å². The molecule has 2 heterocycles. The first-order chi connectivity index (χ1) is 9.56. The van der Waals surface area contributed by atoms with E-state index >= 15 is 0 Å². The number of hydrogen-bond acceptors (Lipinski definition) is 4. The van der Waals surface area contributed by atoms with Gasteiger partial charge in [-0.1, -0.05) is 0 Å². The molecule has 2 aliphatic heterocycles.